The van der Waals surface area contributed by atoms with Gasteiger partial charge in [0.2, 0.25) is 0 Å². The predicted molar refractivity (Wildman–Crippen MR) is 60.2 cm³/mol. The number of allylic oxidation sites excluding steroid dienone is 1. The van der Waals surface area contributed by atoms with Crippen molar-refractivity contribution in [3.8, 4) is 0 Å². The number of pyridine rings is 1. The first-order chi connectivity index (χ1) is 6.84. The highest BCUT2D eigenvalue weighted by molar-refractivity contribution is 5.59. The Morgan fingerprint density at radius 1 is 1.36 bits per heavy atom. The maximum Gasteiger partial charge on any atom is 0.0512 e. The Morgan fingerprint density at radius 2 is 2.14 bits per heavy atom. The lowest BCUT2D eigenvalue weighted by Gasteiger charge is -2.08. The molecule has 0 N–H and O–H groups in total. The highest BCUT2D eigenvalue weighted by Gasteiger charge is 2.40. The summed E-state index contributed by atoms with van der Waals surface area (Å²) in [5, 5.41) is 0. The first-order valence-corrected chi connectivity index (χ1v) is 5.49. The second kappa shape index (κ2) is 3.56. The highest BCUT2D eigenvalue weighted by Crippen LogP contribution is 2.51. The zero-order chi connectivity index (χ0) is 10.1. The van der Waals surface area contributed by atoms with E-state index in [1.54, 1.807) is 0 Å². The Kier molecular flexibility index (Phi) is 2.40. The van der Waals surface area contributed by atoms with Crippen molar-refractivity contribution in [2.45, 2.75) is 33.1 Å². The molecule has 1 fully saturated rings. The van der Waals surface area contributed by atoms with Crippen LogP contribution < -0.4 is 0 Å². The van der Waals surface area contributed by atoms with Crippen LogP contribution in [0.3, 0.4) is 0 Å². The zero-order valence-electron chi connectivity index (χ0n) is 9.12. The Balaban J connectivity index is 0.000000354. The number of hydrogen-bond donors (Lipinski definition) is 0. The number of fused-ring (bicyclic) bond motifs is 3. The third-order valence-electron chi connectivity index (χ3n) is 2.80. The topological polar surface area (TPSA) is 12.9 Å². The summed E-state index contributed by atoms with van der Waals surface area (Å²) in [5.41, 5.74) is 3.93. The normalized spacial score (nSPS) is 25.6. The lowest BCUT2D eigenvalue weighted by molar-refractivity contribution is 0.933. The smallest absolute Gasteiger partial charge is 0.0512 e. The Bertz CT molecular complexity index is 365. The van der Waals surface area contributed by atoms with Gasteiger partial charge >= 0.3 is 0 Å². The molecule has 2 unspecified atom stereocenters. The molecule has 1 heteroatoms. The van der Waals surface area contributed by atoms with Gasteiger partial charge in [0.25, 0.3) is 0 Å². The maximum absolute atomic E-state index is 4.49. The second-order valence-corrected chi connectivity index (χ2v) is 3.85. The molecule has 1 nitrogen and oxygen atoms in total. The van der Waals surface area contributed by atoms with E-state index in [9.17, 15) is 0 Å². The monoisotopic (exact) mass is 187 g/mol. The molecule has 74 valence electrons. The van der Waals surface area contributed by atoms with E-state index in [4.69, 9.17) is 0 Å². The molecule has 0 spiro atoms. The lowest BCUT2D eigenvalue weighted by Crippen LogP contribution is -1.96. The summed E-state index contributed by atoms with van der Waals surface area (Å²) in [5.74, 6) is 1.57. The van der Waals surface area contributed by atoms with Crippen LogP contribution >= 0.6 is 0 Å². The van der Waals surface area contributed by atoms with Crippen molar-refractivity contribution in [1.29, 1.82) is 0 Å². The quantitative estimate of drug-likeness (QED) is 0.605. The molecule has 0 saturated heterocycles. The summed E-state index contributed by atoms with van der Waals surface area (Å²) in [7, 11) is 0. The second-order valence-electron chi connectivity index (χ2n) is 3.85. The molecule has 2 aliphatic rings. The van der Waals surface area contributed by atoms with E-state index < -0.39 is 0 Å². The van der Waals surface area contributed by atoms with E-state index in [1.807, 2.05) is 20.0 Å². The van der Waals surface area contributed by atoms with Crippen LogP contribution in [0.4, 0.5) is 0 Å². The van der Waals surface area contributed by atoms with Crippen LogP contribution in [0.1, 0.15) is 43.0 Å². The van der Waals surface area contributed by atoms with Gasteiger partial charge in [0, 0.05) is 12.1 Å². The Labute approximate surface area is 85.9 Å². The summed E-state index contributed by atoms with van der Waals surface area (Å²) in [4.78, 5) is 4.49. The minimum atomic E-state index is 0.755. The molecule has 1 saturated carbocycles. The van der Waals surface area contributed by atoms with Gasteiger partial charge in [0.1, 0.15) is 0 Å². The van der Waals surface area contributed by atoms with Gasteiger partial charge in [-0.1, -0.05) is 26.0 Å². The number of nitrogens with zero attached hydrogens (tertiary/aromatic N) is 1. The number of hydrogen-bond acceptors (Lipinski definition) is 1. The summed E-state index contributed by atoms with van der Waals surface area (Å²) in [6.07, 6.45) is 7.85. The van der Waals surface area contributed by atoms with Crippen molar-refractivity contribution >= 4 is 6.08 Å². The third-order valence-corrected chi connectivity index (χ3v) is 2.80. The van der Waals surface area contributed by atoms with Crippen molar-refractivity contribution in [3.05, 3.63) is 35.2 Å². The van der Waals surface area contributed by atoms with Crippen LogP contribution in [0.15, 0.2) is 18.3 Å². The minimum absolute atomic E-state index is 0.755. The van der Waals surface area contributed by atoms with Crippen LogP contribution in [0.5, 0.6) is 0 Å². The van der Waals surface area contributed by atoms with E-state index in [0.717, 1.165) is 11.8 Å². The van der Waals surface area contributed by atoms with Gasteiger partial charge in [-0.25, -0.2) is 0 Å². The van der Waals surface area contributed by atoms with Crippen LogP contribution in [-0.2, 0) is 0 Å². The van der Waals surface area contributed by atoms with Gasteiger partial charge in [-0.15, -0.1) is 0 Å². The van der Waals surface area contributed by atoms with Gasteiger partial charge < -0.3 is 0 Å². The van der Waals surface area contributed by atoms with Gasteiger partial charge in [-0.05, 0) is 36.5 Å². The van der Waals surface area contributed by atoms with Crippen LogP contribution in [0.2, 0.25) is 0 Å². The molecule has 0 radical (unpaired) electrons. The predicted octanol–water partition coefficient (Wildman–Crippen LogP) is 3.55. The van der Waals surface area contributed by atoms with Crippen molar-refractivity contribution in [3.63, 3.8) is 0 Å². The average Bonchev–Trinajstić information content (AvgIpc) is 2.99. The molecule has 0 aliphatic heterocycles. The third kappa shape index (κ3) is 1.47. The molecule has 1 heterocycles. The van der Waals surface area contributed by atoms with E-state index in [2.05, 4.69) is 30.1 Å². The van der Waals surface area contributed by atoms with E-state index in [0.29, 0.717) is 0 Å². The van der Waals surface area contributed by atoms with Gasteiger partial charge in [-0.3, -0.25) is 4.98 Å². The first kappa shape index (κ1) is 9.45. The largest absolute Gasteiger partial charge is 0.260 e. The van der Waals surface area contributed by atoms with Crippen LogP contribution in [0, 0.1) is 12.8 Å². The van der Waals surface area contributed by atoms with E-state index >= 15 is 0 Å². The number of aromatic nitrogens is 1. The molecular formula is C13H17N. The van der Waals surface area contributed by atoms with Gasteiger partial charge in [0.15, 0.2) is 0 Å². The molecule has 2 aliphatic carbocycles. The Morgan fingerprint density at radius 3 is 2.93 bits per heavy atom. The molecule has 1 aromatic rings. The lowest BCUT2D eigenvalue weighted by atomic mass is 10.0. The summed E-state index contributed by atoms with van der Waals surface area (Å²) >= 11 is 0. The van der Waals surface area contributed by atoms with Crippen molar-refractivity contribution in [2.24, 2.45) is 5.92 Å². The summed E-state index contributed by atoms with van der Waals surface area (Å²) < 4.78 is 0. The van der Waals surface area contributed by atoms with Crippen molar-refractivity contribution in [1.82, 2.24) is 4.98 Å². The summed E-state index contributed by atoms with van der Waals surface area (Å²) in [6, 6.07) is 2.23. The fraction of sp³-hybridized carbons (Fsp3) is 0.462. The van der Waals surface area contributed by atoms with Crippen molar-refractivity contribution in [2.75, 3.05) is 0 Å². The van der Waals surface area contributed by atoms with Crippen molar-refractivity contribution < 1.29 is 0 Å². The van der Waals surface area contributed by atoms with Gasteiger partial charge in [0.05, 0.1) is 5.69 Å². The van der Waals surface area contributed by atoms with Gasteiger partial charge in [-0.2, -0.15) is 0 Å². The molecular weight excluding hydrogens is 170 g/mol. The zero-order valence-corrected chi connectivity index (χ0v) is 9.12. The highest BCUT2D eigenvalue weighted by atomic mass is 14.7. The maximum atomic E-state index is 4.49. The van der Waals surface area contributed by atoms with Crippen LogP contribution in [0.25, 0.3) is 6.08 Å². The fourth-order valence-corrected chi connectivity index (χ4v) is 2.01. The van der Waals surface area contributed by atoms with Crippen LogP contribution in [-0.4, -0.2) is 4.98 Å². The molecule has 0 amide bonds. The fourth-order valence-electron chi connectivity index (χ4n) is 2.01. The summed E-state index contributed by atoms with van der Waals surface area (Å²) in [6.45, 7) is 6.10. The van der Waals surface area contributed by atoms with E-state index in [1.165, 1.54) is 23.2 Å². The Hall–Kier alpha value is -1.11. The number of rotatable bonds is 0. The molecule has 2 atom stereocenters. The molecule has 14 heavy (non-hydrogen) atoms. The molecule has 0 aromatic carbocycles. The number of aryl methyl sites for hydroxylation is 1. The standard InChI is InChI=1S/C11H11N.C2H6/c1-7-4-9-3-2-8-5-10(8)11(9)12-6-7;1-2/h2-4,6,8,10H,5H2,1H3;1-2H3. The SMILES string of the molecule is CC.Cc1cnc2c(c1)C=CC1CC21. The molecule has 1 aromatic heterocycles. The first-order valence-electron chi connectivity index (χ1n) is 5.49. The van der Waals surface area contributed by atoms with E-state index in [-0.39, 0.29) is 0 Å². The average molecular weight is 187 g/mol. The molecule has 3 rings (SSSR count). The minimum Gasteiger partial charge on any atom is -0.260 e. The molecule has 0 bridgehead atoms.